The quantitative estimate of drug-likeness (QED) is 0.631. The number of nitrogens with one attached hydrogen (secondary N) is 1. The molecule has 0 aliphatic rings. The van der Waals surface area contributed by atoms with Crippen LogP contribution in [0.1, 0.15) is 10.4 Å². The largest absolute Gasteiger partial charge is 0.497 e. The molecule has 5 heteroatoms. The molecule has 4 nitrogen and oxygen atoms in total. The number of carbonyl (C=O) groups excluding carboxylic acids is 1. The molecule has 0 aromatic heterocycles. The fourth-order valence-corrected chi connectivity index (χ4v) is 1.06. The van der Waals surface area contributed by atoms with E-state index in [1.807, 2.05) is 0 Å². The zero-order valence-electron chi connectivity index (χ0n) is 9.36. The van der Waals surface area contributed by atoms with E-state index < -0.39 is 0 Å². The number of likely N-dealkylation sites (N-methyl/N-ethyl adjacent to an activating group) is 1. The monoisotopic (exact) mass is 245 g/mol. The molecule has 0 heterocycles. The van der Waals surface area contributed by atoms with Crippen LogP contribution in [0.25, 0.3) is 0 Å². The minimum atomic E-state index is -0.312. The smallest absolute Gasteiger partial charge is 0.338 e. The second kappa shape index (κ2) is 7.96. The lowest BCUT2D eigenvalue weighted by Gasteiger charge is -2.04. The average molecular weight is 246 g/mol. The summed E-state index contributed by atoms with van der Waals surface area (Å²) in [5.74, 6) is 0.412. The van der Waals surface area contributed by atoms with E-state index in [0.717, 1.165) is 5.75 Å². The lowest BCUT2D eigenvalue weighted by molar-refractivity contribution is 0.0510. The Morgan fingerprint density at radius 3 is 2.44 bits per heavy atom. The van der Waals surface area contributed by atoms with Crippen molar-refractivity contribution >= 4 is 18.4 Å². The van der Waals surface area contributed by atoms with Gasteiger partial charge in [-0.3, -0.25) is 0 Å². The Hall–Kier alpha value is -1.26. The molecule has 0 unspecified atom stereocenters. The highest BCUT2D eigenvalue weighted by atomic mass is 35.5. The van der Waals surface area contributed by atoms with E-state index in [2.05, 4.69) is 5.32 Å². The molecule has 0 amide bonds. The van der Waals surface area contributed by atoms with Crippen LogP contribution in [0.15, 0.2) is 24.3 Å². The predicted octanol–water partition coefficient (Wildman–Crippen LogP) is 1.49. The summed E-state index contributed by atoms with van der Waals surface area (Å²) in [5, 5.41) is 2.90. The highest BCUT2D eigenvalue weighted by molar-refractivity contribution is 5.89. The third-order valence-electron chi connectivity index (χ3n) is 1.91. The Labute approximate surface area is 101 Å². The minimum Gasteiger partial charge on any atom is -0.497 e. The van der Waals surface area contributed by atoms with Crippen molar-refractivity contribution in [2.24, 2.45) is 0 Å². The van der Waals surface area contributed by atoms with Crippen LogP contribution in [0, 0.1) is 0 Å². The maximum absolute atomic E-state index is 11.4. The maximum Gasteiger partial charge on any atom is 0.338 e. The first-order valence-corrected chi connectivity index (χ1v) is 4.73. The standard InChI is InChI=1S/C11H15NO3.ClH/c1-12-7-8-15-11(13)9-3-5-10(14-2)6-4-9;/h3-6,12H,7-8H2,1-2H3;1H. The van der Waals surface area contributed by atoms with Crippen LogP contribution in [-0.4, -0.2) is 33.3 Å². The number of hydrogen-bond donors (Lipinski definition) is 1. The summed E-state index contributed by atoms with van der Waals surface area (Å²) in [6.45, 7) is 1.03. The Bertz CT molecular complexity index is 314. The van der Waals surface area contributed by atoms with Crippen molar-refractivity contribution in [3.63, 3.8) is 0 Å². The van der Waals surface area contributed by atoms with E-state index in [1.54, 1.807) is 38.4 Å². The third-order valence-corrected chi connectivity index (χ3v) is 1.91. The van der Waals surface area contributed by atoms with Crippen LogP contribution in [0.3, 0.4) is 0 Å². The zero-order chi connectivity index (χ0) is 11.1. The third kappa shape index (κ3) is 4.51. The SMILES string of the molecule is CNCCOC(=O)c1ccc(OC)cc1.Cl. The number of rotatable bonds is 5. The molecular weight excluding hydrogens is 230 g/mol. The molecule has 0 aliphatic carbocycles. The van der Waals surface area contributed by atoms with Gasteiger partial charge in [-0.2, -0.15) is 0 Å². The van der Waals surface area contributed by atoms with Gasteiger partial charge in [-0.1, -0.05) is 0 Å². The van der Waals surface area contributed by atoms with E-state index in [0.29, 0.717) is 18.7 Å². The van der Waals surface area contributed by atoms with Crippen LogP contribution in [0.2, 0.25) is 0 Å². The normalized spacial score (nSPS) is 9.12. The summed E-state index contributed by atoms with van der Waals surface area (Å²) in [5.41, 5.74) is 0.534. The van der Waals surface area contributed by atoms with Crippen molar-refractivity contribution in [1.82, 2.24) is 5.32 Å². The molecule has 0 atom stereocenters. The molecule has 0 saturated heterocycles. The lowest BCUT2D eigenvalue weighted by atomic mass is 10.2. The van der Waals surface area contributed by atoms with Gasteiger partial charge in [0.2, 0.25) is 0 Å². The first-order valence-electron chi connectivity index (χ1n) is 4.73. The van der Waals surface area contributed by atoms with Crippen molar-refractivity contribution in [3.05, 3.63) is 29.8 Å². The van der Waals surface area contributed by atoms with Crippen molar-refractivity contribution in [3.8, 4) is 5.75 Å². The summed E-state index contributed by atoms with van der Waals surface area (Å²) in [4.78, 5) is 11.4. The molecule has 90 valence electrons. The van der Waals surface area contributed by atoms with Crippen molar-refractivity contribution in [1.29, 1.82) is 0 Å². The molecule has 0 fully saturated rings. The molecule has 1 aromatic rings. The highest BCUT2D eigenvalue weighted by Gasteiger charge is 2.05. The van der Waals surface area contributed by atoms with E-state index in [1.165, 1.54) is 0 Å². The van der Waals surface area contributed by atoms with Gasteiger partial charge in [0.25, 0.3) is 0 Å². The fourth-order valence-electron chi connectivity index (χ4n) is 1.06. The maximum atomic E-state index is 11.4. The van der Waals surface area contributed by atoms with Crippen LogP contribution in [-0.2, 0) is 4.74 Å². The molecule has 0 radical (unpaired) electrons. The Kier molecular flexibility index (Phi) is 7.33. The molecule has 0 aliphatic heterocycles. The second-order valence-electron chi connectivity index (χ2n) is 2.97. The van der Waals surface area contributed by atoms with Gasteiger partial charge in [-0.15, -0.1) is 12.4 Å². The molecular formula is C11H16ClNO3. The minimum absolute atomic E-state index is 0. The van der Waals surface area contributed by atoms with Crippen LogP contribution in [0.4, 0.5) is 0 Å². The van der Waals surface area contributed by atoms with Gasteiger partial charge in [0, 0.05) is 6.54 Å². The summed E-state index contributed by atoms with van der Waals surface area (Å²) < 4.78 is 9.99. The predicted molar refractivity (Wildman–Crippen MR) is 64.5 cm³/mol. The molecule has 1 aromatic carbocycles. The molecule has 0 bridgehead atoms. The number of methoxy groups -OCH3 is 1. The number of benzene rings is 1. The summed E-state index contributed by atoms with van der Waals surface area (Å²) in [7, 11) is 3.39. The van der Waals surface area contributed by atoms with Crippen LogP contribution >= 0.6 is 12.4 Å². The topological polar surface area (TPSA) is 47.6 Å². The number of carbonyl (C=O) groups is 1. The first kappa shape index (κ1) is 14.7. The van der Waals surface area contributed by atoms with E-state index in [4.69, 9.17) is 9.47 Å². The second-order valence-corrected chi connectivity index (χ2v) is 2.97. The van der Waals surface area contributed by atoms with Gasteiger partial charge in [0.05, 0.1) is 12.7 Å². The summed E-state index contributed by atoms with van der Waals surface area (Å²) in [6, 6.07) is 6.82. The van der Waals surface area contributed by atoms with E-state index in [-0.39, 0.29) is 18.4 Å². The van der Waals surface area contributed by atoms with Crippen LogP contribution in [0.5, 0.6) is 5.75 Å². The molecule has 1 rings (SSSR count). The van der Waals surface area contributed by atoms with Gasteiger partial charge in [0.1, 0.15) is 12.4 Å². The Morgan fingerprint density at radius 1 is 1.31 bits per heavy atom. The zero-order valence-corrected chi connectivity index (χ0v) is 10.2. The van der Waals surface area contributed by atoms with Gasteiger partial charge >= 0.3 is 5.97 Å². The van der Waals surface area contributed by atoms with E-state index >= 15 is 0 Å². The summed E-state index contributed by atoms with van der Waals surface area (Å²) in [6.07, 6.45) is 0. The first-order chi connectivity index (χ1) is 7.27. The molecule has 0 saturated carbocycles. The number of esters is 1. The Balaban J connectivity index is 0.00000225. The molecule has 1 N–H and O–H groups in total. The van der Waals surface area contributed by atoms with Gasteiger partial charge < -0.3 is 14.8 Å². The fraction of sp³-hybridized carbons (Fsp3) is 0.364. The molecule has 16 heavy (non-hydrogen) atoms. The van der Waals surface area contributed by atoms with Gasteiger partial charge in [-0.05, 0) is 31.3 Å². The highest BCUT2D eigenvalue weighted by Crippen LogP contribution is 2.11. The number of hydrogen-bond acceptors (Lipinski definition) is 4. The van der Waals surface area contributed by atoms with E-state index in [9.17, 15) is 4.79 Å². The van der Waals surface area contributed by atoms with Crippen molar-refractivity contribution in [2.75, 3.05) is 27.3 Å². The lowest BCUT2D eigenvalue weighted by Crippen LogP contribution is -2.17. The average Bonchev–Trinajstić information content (AvgIpc) is 2.29. The van der Waals surface area contributed by atoms with Gasteiger partial charge in [0.15, 0.2) is 0 Å². The van der Waals surface area contributed by atoms with Crippen LogP contribution < -0.4 is 10.1 Å². The van der Waals surface area contributed by atoms with Gasteiger partial charge in [-0.25, -0.2) is 4.79 Å². The Morgan fingerprint density at radius 2 is 1.94 bits per heavy atom. The number of halogens is 1. The number of ether oxygens (including phenoxy) is 2. The summed E-state index contributed by atoms with van der Waals surface area (Å²) >= 11 is 0. The van der Waals surface area contributed by atoms with Crippen molar-refractivity contribution in [2.45, 2.75) is 0 Å². The van der Waals surface area contributed by atoms with Crippen molar-refractivity contribution < 1.29 is 14.3 Å². The molecule has 0 spiro atoms.